The SMILES string of the molecule is CC(C)COc1ccc(C(=O)NCCNC(=O)c2ccco2)cc1. The zero-order valence-corrected chi connectivity index (χ0v) is 13.9. The van der Waals surface area contributed by atoms with Crippen molar-refractivity contribution in [3.05, 3.63) is 54.0 Å². The number of carbonyl (C=O) groups is 2. The first-order chi connectivity index (χ1) is 11.6. The average Bonchev–Trinajstić information content (AvgIpc) is 3.11. The van der Waals surface area contributed by atoms with Gasteiger partial charge in [0.2, 0.25) is 0 Å². The van der Waals surface area contributed by atoms with Crippen LogP contribution in [0.3, 0.4) is 0 Å². The van der Waals surface area contributed by atoms with Crippen molar-refractivity contribution >= 4 is 11.8 Å². The van der Waals surface area contributed by atoms with Crippen molar-refractivity contribution in [2.24, 2.45) is 5.92 Å². The summed E-state index contributed by atoms with van der Waals surface area (Å²) in [6.07, 6.45) is 1.44. The first-order valence-corrected chi connectivity index (χ1v) is 7.89. The molecule has 0 aliphatic heterocycles. The summed E-state index contributed by atoms with van der Waals surface area (Å²) in [5.41, 5.74) is 0.546. The molecule has 128 valence electrons. The van der Waals surface area contributed by atoms with Gasteiger partial charge in [-0.1, -0.05) is 13.8 Å². The lowest BCUT2D eigenvalue weighted by molar-refractivity contribution is 0.0910. The summed E-state index contributed by atoms with van der Waals surface area (Å²) >= 11 is 0. The van der Waals surface area contributed by atoms with Crippen LogP contribution in [0.2, 0.25) is 0 Å². The maximum atomic E-state index is 12.0. The molecule has 2 rings (SSSR count). The Morgan fingerprint density at radius 3 is 2.29 bits per heavy atom. The van der Waals surface area contributed by atoms with E-state index in [0.29, 0.717) is 31.2 Å². The van der Waals surface area contributed by atoms with Crippen LogP contribution in [0.4, 0.5) is 0 Å². The minimum absolute atomic E-state index is 0.197. The van der Waals surface area contributed by atoms with E-state index in [-0.39, 0.29) is 17.6 Å². The number of hydrogen-bond donors (Lipinski definition) is 2. The van der Waals surface area contributed by atoms with Crippen LogP contribution in [0.5, 0.6) is 5.75 Å². The zero-order chi connectivity index (χ0) is 17.4. The Morgan fingerprint density at radius 1 is 1.04 bits per heavy atom. The van der Waals surface area contributed by atoms with E-state index in [1.165, 1.54) is 6.26 Å². The van der Waals surface area contributed by atoms with Crippen LogP contribution in [0.1, 0.15) is 34.8 Å². The average molecular weight is 330 g/mol. The monoisotopic (exact) mass is 330 g/mol. The molecule has 24 heavy (non-hydrogen) atoms. The zero-order valence-electron chi connectivity index (χ0n) is 13.9. The van der Waals surface area contributed by atoms with Crippen molar-refractivity contribution in [1.29, 1.82) is 0 Å². The van der Waals surface area contributed by atoms with Gasteiger partial charge in [-0.3, -0.25) is 9.59 Å². The molecule has 0 saturated carbocycles. The number of carbonyl (C=O) groups excluding carboxylic acids is 2. The van der Waals surface area contributed by atoms with Gasteiger partial charge >= 0.3 is 0 Å². The van der Waals surface area contributed by atoms with Gasteiger partial charge in [0, 0.05) is 18.7 Å². The molecular weight excluding hydrogens is 308 g/mol. The van der Waals surface area contributed by atoms with Gasteiger partial charge in [-0.05, 0) is 42.3 Å². The molecule has 0 spiro atoms. The second kappa shape index (κ2) is 8.76. The Morgan fingerprint density at radius 2 is 1.71 bits per heavy atom. The van der Waals surface area contributed by atoms with E-state index in [1.807, 2.05) is 0 Å². The predicted octanol–water partition coefficient (Wildman–Crippen LogP) is 2.47. The molecule has 2 aromatic rings. The summed E-state index contributed by atoms with van der Waals surface area (Å²) in [7, 11) is 0. The van der Waals surface area contributed by atoms with Crippen molar-refractivity contribution in [2.75, 3.05) is 19.7 Å². The number of hydrogen-bond acceptors (Lipinski definition) is 4. The third-order valence-electron chi connectivity index (χ3n) is 3.14. The highest BCUT2D eigenvalue weighted by Crippen LogP contribution is 2.13. The molecule has 0 saturated heterocycles. The van der Waals surface area contributed by atoms with Gasteiger partial charge in [0.25, 0.3) is 11.8 Å². The smallest absolute Gasteiger partial charge is 0.287 e. The highest BCUT2D eigenvalue weighted by molar-refractivity contribution is 5.94. The molecule has 2 amide bonds. The standard InChI is InChI=1S/C18H22N2O4/c1-13(2)12-24-15-7-5-14(6-8-15)17(21)19-9-10-20-18(22)16-4-3-11-23-16/h3-8,11,13H,9-10,12H2,1-2H3,(H,19,21)(H,20,22). The lowest BCUT2D eigenvalue weighted by Crippen LogP contribution is -2.34. The van der Waals surface area contributed by atoms with Crippen LogP contribution >= 0.6 is 0 Å². The van der Waals surface area contributed by atoms with E-state index in [9.17, 15) is 9.59 Å². The number of nitrogens with one attached hydrogen (secondary N) is 2. The number of ether oxygens (including phenoxy) is 1. The van der Waals surface area contributed by atoms with E-state index >= 15 is 0 Å². The molecule has 0 unspecified atom stereocenters. The maximum absolute atomic E-state index is 12.0. The second-order valence-electron chi connectivity index (χ2n) is 5.72. The molecule has 1 aromatic carbocycles. The Balaban J connectivity index is 1.71. The summed E-state index contributed by atoms with van der Waals surface area (Å²) in [5, 5.41) is 5.41. The normalized spacial score (nSPS) is 10.5. The largest absolute Gasteiger partial charge is 0.493 e. The number of amides is 2. The van der Waals surface area contributed by atoms with Crippen molar-refractivity contribution in [1.82, 2.24) is 10.6 Å². The first-order valence-electron chi connectivity index (χ1n) is 7.89. The van der Waals surface area contributed by atoms with Gasteiger partial charge in [-0.25, -0.2) is 0 Å². The van der Waals surface area contributed by atoms with Crippen molar-refractivity contribution < 1.29 is 18.7 Å². The number of furan rings is 1. The summed E-state index contributed by atoms with van der Waals surface area (Å²) in [6, 6.07) is 10.2. The summed E-state index contributed by atoms with van der Waals surface area (Å²) in [6.45, 7) is 5.44. The molecule has 6 nitrogen and oxygen atoms in total. The van der Waals surface area contributed by atoms with Crippen molar-refractivity contribution in [3.8, 4) is 5.75 Å². The molecule has 0 atom stereocenters. The second-order valence-corrected chi connectivity index (χ2v) is 5.72. The van der Waals surface area contributed by atoms with Crippen LogP contribution in [-0.2, 0) is 0 Å². The van der Waals surface area contributed by atoms with Crippen LogP contribution in [0.25, 0.3) is 0 Å². The van der Waals surface area contributed by atoms with Crippen LogP contribution in [0, 0.1) is 5.92 Å². The van der Waals surface area contributed by atoms with Crippen LogP contribution in [0.15, 0.2) is 47.1 Å². The summed E-state index contributed by atoms with van der Waals surface area (Å²) < 4.78 is 10.6. The van der Waals surface area contributed by atoms with Gasteiger partial charge in [0.05, 0.1) is 12.9 Å². The molecule has 0 aliphatic carbocycles. The Hall–Kier alpha value is -2.76. The Kier molecular flexibility index (Phi) is 6.42. The summed E-state index contributed by atoms with van der Waals surface area (Å²) in [5.74, 6) is 0.937. The van der Waals surface area contributed by atoms with E-state index in [1.54, 1.807) is 36.4 Å². The Bertz CT molecular complexity index is 648. The Labute approximate surface area is 141 Å². The topological polar surface area (TPSA) is 80.6 Å². The molecule has 6 heteroatoms. The van der Waals surface area contributed by atoms with E-state index < -0.39 is 0 Å². The van der Waals surface area contributed by atoms with Gasteiger partial charge < -0.3 is 19.8 Å². The third kappa shape index (κ3) is 5.46. The van der Waals surface area contributed by atoms with Crippen LogP contribution in [-0.4, -0.2) is 31.5 Å². The highest BCUT2D eigenvalue weighted by atomic mass is 16.5. The fourth-order valence-corrected chi connectivity index (χ4v) is 1.91. The minimum Gasteiger partial charge on any atom is -0.493 e. The maximum Gasteiger partial charge on any atom is 0.287 e. The number of rotatable bonds is 8. The van der Waals surface area contributed by atoms with Crippen molar-refractivity contribution in [3.63, 3.8) is 0 Å². The lowest BCUT2D eigenvalue weighted by Gasteiger charge is -2.09. The molecule has 2 N–H and O–H groups in total. The van der Waals surface area contributed by atoms with Gasteiger partial charge in [0.15, 0.2) is 5.76 Å². The van der Waals surface area contributed by atoms with E-state index in [4.69, 9.17) is 9.15 Å². The lowest BCUT2D eigenvalue weighted by atomic mass is 10.2. The van der Waals surface area contributed by atoms with E-state index in [2.05, 4.69) is 24.5 Å². The molecule has 0 radical (unpaired) electrons. The minimum atomic E-state index is -0.305. The first kappa shape index (κ1) is 17.6. The van der Waals surface area contributed by atoms with Crippen molar-refractivity contribution in [2.45, 2.75) is 13.8 Å². The van der Waals surface area contributed by atoms with Gasteiger partial charge in [-0.2, -0.15) is 0 Å². The number of benzene rings is 1. The highest BCUT2D eigenvalue weighted by Gasteiger charge is 2.08. The molecule has 0 fully saturated rings. The third-order valence-corrected chi connectivity index (χ3v) is 3.14. The summed E-state index contributed by atoms with van der Waals surface area (Å²) in [4.78, 5) is 23.6. The molecule has 0 aliphatic rings. The van der Waals surface area contributed by atoms with Gasteiger partial charge in [-0.15, -0.1) is 0 Å². The quantitative estimate of drug-likeness (QED) is 0.729. The van der Waals surface area contributed by atoms with Crippen LogP contribution < -0.4 is 15.4 Å². The van der Waals surface area contributed by atoms with E-state index in [0.717, 1.165) is 5.75 Å². The fourth-order valence-electron chi connectivity index (χ4n) is 1.91. The molecular formula is C18H22N2O4. The van der Waals surface area contributed by atoms with Gasteiger partial charge in [0.1, 0.15) is 5.75 Å². The molecule has 1 aromatic heterocycles. The fraction of sp³-hybridized carbons (Fsp3) is 0.333. The predicted molar refractivity (Wildman–Crippen MR) is 90.1 cm³/mol. The molecule has 0 bridgehead atoms. The molecule has 1 heterocycles.